The number of aromatic nitrogens is 4. The Morgan fingerprint density at radius 2 is 2.30 bits per heavy atom. The Hall–Kier alpha value is -2.51. The number of hydrogen-bond acceptors (Lipinski definition) is 5. The largest absolute Gasteiger partial charge is 0.370 e. The van der Waals surface area contributed by atoms with Gasteiger partial charge in [-0.3, -0.25) is 9.89 Å². The summed E-state index contributed by atoms with van der Waals surface area (Å²) in [7, 11) is 1.60. The smallest absolute Gasteiger partial charge is 0.257 e. The molecule has 7 nitrogen and oxygen atoms in total. The van der Waals surface area contributed by atoms with Crippen LogP contribution in [0.25, 0.3) is 0 Å². The SMILES string of the molecule is CCNc1ncc(F)cc1C(=O)N(C)Cc1ncn[nH]1. The first-order valence-corrected chi connectivity index (χ1v) is 6.11. The van der Waals surface area contributed by atoms with E-state index in [1.165, 1.54) is 17.3 Å². The third-order valence-corrected chi connectivity index (χ3v) is 2.63. The van der Waals surface area contributed by atoms with E-state index in [0.717, 1.165) is 6.20 Å². The van der Waals surface area contributed by atoms with Gasteiger partial charge in [0, 0.05) is 13.6 Å². The van der Waals surface area contributed by atoms with Crippen LogP contribution in [0.4, 0.5) is 10.2 Å². The van der Waals surface area contributed by atoms with Crippen LogP contribution in [0.1, 0.15) is 23.1 Å². The molecule has 0 bridgehead atoms. The van der Waals surface area contributed by atoms with Crippen LogP contribution in [0.15, 0.2) is 18.6 Å². The molecule has 0 unspecified atom stereocenters. The molecule has 2 aromatic heterocycles. The molecule has 20 heavy (non-hydrogen) atoms. The second-order valence-electron chi connectivity index (χ2n) is 4.17. The van der Waals surface area contributed by atoms with Crippen LogP contribution in [0, 0.1) is 5.82 Å². The van der Waals surface area contributed by atoms with Crippen LogP contribution < -0.4 is 5.32 Å². The average Bonchev–Trinajstić information content (AvgIpc) is 2.93. The van der Waals surface area contributed by atoms with Crippen LogP contribution in [0.2, 0.25) is 0 Å². The summed E-state index contributed by atoms with van der Waals surface area (Å²) in [6.07, 6.45) is 2.44. The quantitative estimate of drug-likeness (QED) is 0.853. The monoisotopic (exact) mass is 278 g/mol. The van der Waals surface area contributed by atoms with E-state index in [2.05, 4.69) is 25.5 Å². The second-order valence-corrected chi connectivity index (χ2v) is 4.17. The molecular weight excluding hydrogens is 263 g/mol. The zero-order chi connectivity index (χ0) is 14.5. The minimum atomic E-state index is -0.553. The number of halogens is 1. The highest BCUT2D eigenvalue weighted by atomic mass is 19.1. The van der Waals surface area contributed by atoms with Crippen molar-refractivity contribution in [3.63, 3.8) is 0 Å². The van der Waals surface area contributed by atoms with Crippen LogP contribution >= 0.6 is 0 Å². The maximum absolute atomic E-state index is 13.3. The summed E-state index contributed by atoms with van der Waals surface area (Å²) in [5, 5.41) is 9.31. The van der Waals surface area contributed by atoms with Crippen molar-refractivity contribution in [2.75, 3.05) is 18.9 Å². The van der Waals surface area contributed by atoms with Crippen molar-refractivity contribution >= 4 is 11.7 Å². The minimum absolute atomic E-state index is 0.189. The zero-order valence-corrected chi connectivity index (χ0v) is 11.2. The maximum Gasteiger partial charge on any atom is 0.257 e. The summed E-state index contributed by atoms with van der Waals surface area (Å²) in [6, 6.07) is 1.17. The van der Waals surface area contributed by atoms with Crippen LogP contribution in [-0.2, 0) is 6.54 Å². The van der Waals surface area contributed by atoms with E-state index in [0.29, 0.717) is 18.2 Å². The summed E-state index contributed by atoms with van der Waals surface area (Å²) < 4.78 is 13.3. The fourth-order valence-electron chi connectivity index (χ4n) is 1.72. The number of carbonyl (C=O) groups excluding carboxylic acids is 1. The van der Waals surface area contributed by atoms with E-state index in [-0.39, 0.29) is 18.0 Å². The molecule has 2 N–H and O–H groups in total. The van der Waals surface area contributed by atoms with Gasteiger partial charge in [0.15, 0.2) is 0 Å². The molecule has 0 aromatic carbocycles. The Balaban J connectivity index is 2.21. The molecule has 0 aliphatic carbocycles. The highest BCUT2D eigenvalue weighted by molar-refractivity contribution is 5.98. The van der Waals surface area contributed by atoms with Gasteiger partial charge < -0.3 is 10.2 Å². The standard InChI is InChI=1S/C12H15FN6O/c1-3-14-11-9(4-8(13)5-15-11)12(20)19(2)6-10-16-7-17-18-10/h4-5,7H,3,6H2,1-2H3,(H,14,15)(H,16,17,18). The summed E-state index contributed by atoms with van der Waals surface area (Å²) in [4.78, 5) is 21.6. The van der Waals surface area contributed by atoms with Gasteiger partial charge in [-0.2, -0.15) is 5.10 Å². The first-order chi connectivity index (χ1) is 9.61. The van der Waals surface area contributed by atoms with Crippen molar-refractivity contribution in [1.29, 1.82) is 0 Å². The molecule has 0 spiro atoms. The lowest BCUT2D eigenvalue weighted by Gasteiger charge is -2.17. The predicted molar refractivity (Wildman–Crippen MR) is 70.5 cm³/mol. The van der Waals surface area contributed by atoms with Crippen molar-refractivity contribution in [3.05, 3.63) is 35.8 Å². The normalized spacial score (nSPS) is 10.3. The van der Waals surface area contributed by atoms with Crippen molar-refractivity contribution in [2.45, 2.75) is 13.5 Å². The highest BCUT2D eigenvalue weighted by Crippen LogP contribution is 2.16. The molecule has 0 radical (unpaired) electrons. The number of pyridine rings is 1. The van der Waals surface area contributed by atoms with Crippen molar-refractivity contribution in [1.82, 2.24) is 25.1 Å². The fraction of sp³-hybridized carbons (Fsp3) is 0.333. The first kappa shape index (κ1) is 13.9. The molecule has 0 aliphatic rings. The third kappa shape index (κ3) is 3.08. The molecule has 0 atom stereocenters. The van der Waals surface area contributed by atoms with Crippen molar-refractivity contribution in [2.24, 2.45) is 0 Å². The van der Waals surface area contributed by atoms with Gasteiger partial charge in [-0.15, -0.1) is 0 Å². The van der Waals surface area contributed by atoms with E-state index in [1.807, 2.05) is 6.92 Å². The molecule has 0 aliphatic heterocycles. The number of rotatable bonds is 5. The number of amides is 1. The van der Waals surface area contributed by atoms with E-state index in [1.54, 1.807) is 7.05 Å². The zero-order valence-electron chi connectivity index (χ0n) is 11.2. The number of hydrogen-bond donors (Lipinski definition) is 2. The molecule has 0 saturated heterocycles. The summed E-state index contributed by atoms with van der Waals surface area (Å²) in [5.41, 5.74) is 0.189. The summed E-state index contributed by atoms with van der Waals surface area (Å²) in [5.74, 6) is 0.0194. The third-order valence-electron chi connectivity index (χ3n) is 2.63. The Kier molecular flexibility index (Phi) is 4.24. The molecular formula is C12H15FN6O. The van der Waals surface area contributed by atoms with Gasteiger partial charge in [-0.1, -0.05) is 0 Å². The highest BCUT2D eigenvalue weighted by Gasteiger charge is 2.18. The molecule has 8 heteroatoms. The number of H-pyrrole nitrogens is 1. The molecule has 1 amide bonds. The lowest BCUT2D eigenvalue weighted by molar-refractivity contribution is 0.0782. The topological polar surface area (TPSA) is 86.8 Å². The summed E-state index contributed by atoms with van der Waals surface area (Å²) >= 11 is 0. The first-order valence-electron chi connectivity index (χ1n) is 6.11. The lowest BCUT2D eigenvalue weighted by atomic mass is 10.2. The number of aromatic amines is 1. The maximum atomic E-state index is 13.3. The average molecular weight is 278 g/mol. The Labute approximate surface area is 115 Å². The molecule has 2 rings (SSSR count). The van der Waals surface area contributed by atoms with Gasteiger partial charge >= 0.3 is 0 Å². The van der Waals surface area contributed by atoms with Gasteiger partial charge in [0.1, 0.15) is 23.8 Å². The van der Waals surface area contributed by atoms with Gasteiger partial charge in [-0.25, -0.2) is 14.4 Å². The van der Waals surface area contributed by atoms with Gasteiger partial charge in [0.25, 0.3) is 5.91 Å². The lowest BCUT2D eigenvalue weighted by Crippen LogP contribution is -2.28. The van der Waals surface area contributed by atoms with Crippen LogP contribution in [-0.4, -0.2) is 44.6 Å². The van der Waals surface area contributed by atoms with Crippen LogP contribution in [0.5, 0.6) is 0 Å². The minimum Gasteiger partial charge on any atom is -0.370 e. The van der Waals surface area contributed by atoms with E-state index < -0.39 is 5.82 Å². The van der Waals surface area contributed by atoms with Gasteiger partial charge in [0.05, 0.1) is 18.3 Å². The fourth-order valence-corrected chi connectivity index (χ4v) is 1.72. The Bertz CT molecular complexity index is 586. The molecule has 106 valence electrons. The predicted octanol–water partition coefficient (Wildman–Crippen LogP) is 1.04. The van der Waals surface area contributed by atoms with Gasteiger partial charge in [-0.05, 0) is 13.0 Å². The number of anilines is 1. The summed E-state index contributed by atoms with van der Waals surface area (Å²) in [6.45, 7) is 2.71. The Morgan fingerprint density at radius 3 is 2.95 bits per heavy atom. The van der Waals surface area contributed by atoms with Crippen molar-refractivity contribution in [3.8, 4) is 0 Å². The molecule has 2 heterocycles. The number of nitrogens with one attached hydrogen (secondary N) is 2. The van der Waals surface area contributed by atoms with Crippen LogP contribution in [0.3, 0.4) is 0 Å². The second kappa shape index (κ2) is 6.09. The van der Waals surface area contributed by atoms with Crippen molar-refractivity contribution < 1.29 is 9.18 Å². The van der Waals surface area contributed by atoms with E-state index in [9.17, 15) is 9.18 Å². The number of carbonyl (C=O) groups is 1. The molecule has 0 fully saturated rings. The number of nitrogens with zero attached hydrogens (tertiary/aromatic N) is 4. The van der Waals surface area contributed by atoms with E-state index >= 15 is 0 Å². The molecule has 2 aromatic rings. The van der Waals surface area contributed by atoms with E-state index in [4.69, 9.17) is 0 Å². The Morgan fingerprint density at radius 1 is 1.50 bits per heavy atom. The van der Waals surface area contributed by atoms with Gasteiger partial charge in [0.2, 0.25) is 0 Å². The molecule has 0 saturated carbocycles.